The summed E-state index contributed by atoms with van der Waals surface area (Å²) in [6.45, 7) is 3.34. The Bertz CT molecular complexity index is 958. The van der Waals surface area contributed by atoms with Gasteiger partial charge in [-0.15, -0.1) is 0 Å². The van der Waals surface area contributed by atoms with Gasteiger partial charge in [0.1, 0.15) is 17.6 Å². The zero-order valence-electron chi connectivity index (χ0n) is 14.9. The average molecular weight is 370 g/mol. The van der Waals surface area contributed by atoms with Gasteiger partial charge in [-0.1, -0.05) is 23.4 Å². The number of anilines is 1. The van der Waals surface area contributed by atoms with E-state index in [1.807, 2.05) is 13.0 Å². The minimum atomic E-state index is -0.548. The normalized spacial score (nSPS) is 11.8. The van der Waals surface area contributed by atoms with Crippen LogP contribution in [0.3, 0.4) is 0 Å². The van der Waals surface area contributed by atoms with E-state index >= 15 is 0 Å². The Hall–Kier alpha value is -3.42. The van der Waals surface area contributed by atoms with Gasteiger partial charge in [0.25, 0.3) is 5.91 Å². The Balaban J connectivity index is 1.71. The van der Waals surface area contributed by atoms with Crippen molar-refractivity contribution in [3.8, 4) is 17.1 Å². The van der Waals surface area contributed by atoms with Crippen molar-refractivity contribution < 1.29 is 18.4 Å². The molecule has 0 radical (unpaired) electrons. The third kappa shape index (κ3) is 4.60. The molecule has 7 nitrogen and oxygen atoms in total. The summed E-state index contributed by atoms with van der Waals surface area (Å²) in [6.07, 6.45) is 0. The molecular weight excluding hydrogens is 351 g/mol. The number of aromatic nitrogens is 2. The Kier molecular flexibility index (Phi) is 5.35. The Morgan fingerprint density at radius 2 is 2.15 bits per heavy atom. The molecule has 0 aliphatic carbocycles. The summed E-state index contributed by atoms with van der Waals surface area (Å²) in [6, 6.07) is 11.5. The summed E-state index contributed by atoms with van der Waals surface area (Å²) in [7, 11) is 0. The van der Waals surface area contributed by atoms with Crippen LogP contribution < -0.4 is 15.8 Å². The highest BCUT2D eigenvalue weighted by atomic mass is 19.1. The number of hydrogen-bond acceptors (Lipinski definition) is 6. The Morgan fingerprint density at radius 1 is 1.33 bits per heavy atom. The van der Waals surface area contributed by atoms with E-state index in [2.05, 4.69) is 15.5 Å². The van der Waals surface area contributed by atoms with Crippen LogP contribution in [-0.4, -0.2) is 22.7 Å². The zero-order chi connectivity index (χ0) is 19.4. The minimum absolute atomic E-state index is 0.195. The summed E-state index contributed by atoms with van der Waals surface area (Å²) in [5.41, 5.74) is 6.91. The van der Waals surface area contributed by atoms with Gasteiger partial charge in [0, 0.05) is 17.3 Å². The van der Waals surface area contributed by atoms with E-state index in [1.165, 1.54) is 6.07 Å². The maximum absolute atomic E-state index is 13.7. The van der Waals surface area contributed by atoms with Crippen molar-refractivity contribution in [2.45, 2.75) is 19.9 Å². The number of carbonyl (C=O) groups is 1. The second kappa shape index (κ2) is 7.86. The van der Waals surface area contributed by atoms with Gasteiger partial charge >= 0.3 is 0 Å². The molecule has 0 saturated carbocycles. The number of rotatable bonds is 7. The lowest BCUT2D eigenvalue weighted by molar-refractivity contribution is -0.119. The summed E-state index contributed by atoms with van der Waals surface area (Å²) < 4.78 is 24.3. The highest BCUT2D eigenvalue weighted by Crippen LogP contribution is 2.24. The molecule has 3 rings (SSSR count). The smallest absolute Gasteiger partial charge is 0.255 e. The molecule has 27 heavy (non-hydrogen) atoms. The van der Waals surface area contributed by atoms with Crippen molar-refractivity contribution in [3.05, 3.63) is 59.7 Å². The standard InChI is InChI=1S/C19H19FN4O3/c1-11-6-7-13(8-16(11)20)18-23-19(27-24-18)12(2)22-14-4-3-5-15(9-14)26-10-17(21)25/h3-9,12,22H,10H2,1-2H3,(H2,21,25). The molecule has 3 N–H and O–H groups in total. The van der Waals surface area contributed by atoms with Crippen LogP contribution in [-0.2, 0) is 4.79 Å². The molecule has 0 aliphatic rings. The maximum Gasteiger partial charge on any atom is 0.255 e. The molecule has 1 unspecified atom stereocenters. The van der Waals surface area contributed by atoms with Gasteiger partial charge in [-0.3, -0.25) is 4.79 Å². The first-order valence-electron chi connectivity index (χ1n) is 8.30. The number of nitrogens with two attached hydrogens (primary N) is 1. The second-order valence-corrected chi connectivity index (χ2v) is 6.07. The number of ether oxygens (including phenoxy) is 1. The molecule has 140 valence electrons. The average Bonchev–Trinajstić information content (AvgIpc) is 3.13. The monoisotopic (exact) mass is 370 g/mol. The molecule has 1 heterocycles. The van der Waals surface area contributed by atoms with Crippen molar-refractivity contribution >= 4 is 11.6 Å². The van der Waals surface area contributed by atoms with Crippen molar-refractivity contribution in [3.63, 3.8) is 0 Å². The second-order valence-electron chi connectivity index (χ2n) is 6.07. The highest BCUT2D eigenvalue weighted by Gasteiger charge is 2.16. The fourth-order valence-electron chi connectivity index (χ4n) is 2.40. The maximum atomic E-state index is 13.7. The predicted octanol–water partition coefficient (Wildman–Crippen LogP) is 3.22. The first kappa shape index (κ1) is 18.4. The molecule has 0 fully saturated rings. The van der Waals surface area contributed by atoms with Crippen LogP contribution in [0, 0.1) is 12.7 Å². The topological polar surface area (TPSA) is 103 Å². The number of nitrogens with zero attached hydrogens (tertiary/aromatic N) is 2. The van der Waals surface area contributed by atoms with E-state index in [0.717, 1.165) is 5.69 Å². The fourth-order valence-corrected chi connectivity index (χ4v) is 2.40. The van der Waals surface area contributed by atoms with Crippen molar-refractivity contribution in [2.24, 2.45) is 5.73 Å². The Labute approximate surface area is 155 Å². The highest BCUT2D eigenvalue weighted by molar-refractivity contribution is 5.75. The first-order valence-corrected chi connectivity index (χ1v) is 8.30. The van der Waals surface area contributed by atoms with Gasteiger partial charge < -0.3 is 20.3 Å². The van der Waals surface area contributed by atoms with Crippen LogP contribution in [0.1, 0.15) is 24.4 Å². The van der Waals surface area contributed by atoms with E-state index in [0.29, 0.717) is 28.6 Å². The summed E-state index contributed by atoms with van der Waals surface area (Å²) in [5, 5.41) is 7.12. The number of aryl methyl sites for hydroxylation is 1. The molecule has 1 amide bonds. The van der Waals surface area contributed by atoms with E-state index in [-0.39, 0.29) is 18.5 Å². The van der Waals surface area contributed by atoms with Gasteiger partial charge in [0.05, 0.1) is 0 Å². The number of halogens is 1. The van der Waals surface area contributed by atoms with Gasteiger partial charge in [-0.05, 0) is 37.6 Å². The minimum Gasteiger partial charge on any atom is -0.484 e. The van der Waals surface area contributed by atoms with E-state index in [9.17, 15) is 9.18 Å². The van der Waals surface area contributed by atoms with Crippen LogP contribution in [0.2, 0.25) is 0 Å². The molecule has 3 aromatic rings. The number of hydrogen-bond donors (Lipinski definition) is 2. The molecule has 1 atom stereocenters. The molecular formula is C19H19FN4O3. The van der Waals surface area contributed by atoms with Crippen LogP contribution in [0.25, 0.3) is 11.4 Å². The summed E-state index contributed by atoms with van der Waals surface area (Å²) >= 11 is 0. The van der Waals surface area contributed by atoms with Gasteiger partial charge in [-0.2, -0.15) is 4.98 Å². The van der Waals surface area contributed by atoms with Gasteiger partial charge in [0.2, 0.25) is 11.7 Å². The largest absolute Gasteiger partial charge is 0.484 e. The fraction of sp³-hybridized carbons (Fsp3) is 0.211. The van der Waals surface area contributed by atoms with E-state index in [4.69, 9.17) is 15.0 Å². The lowest BCUT2D eigenvalue weighted by Crippen LogP contribution is -2.20. The molecule has 8 heteroatoms. The molecule has 0 spiro atoms. The van der Waals surface area contributed by atoms with Crippen molar-refractivity contribution in [1.82, 2.24) is 10.1 Å². The summed E-state index contributed by atoms with van der Waals surface area (Å²) in [4.78, 5) is 15.1. The van der Waals surface area contributed by atoms with Crippen LogP contribution in [0.4, 0.5) is 10.1 Å². The molecule has 1 aromatic heterocycles. The molecule has 0 aliphatic heterocycles. The molecule has 0 saturated heterocycles. The van der Waals surface area contributed by atoms with Crippen molar-refractivity contribution in [1.29, 1.82) is 0 Å². The van der Waals surface area contributed by atoms with Gasteiger partial charge in [0.15, 0.2) is 6.61 Å². The molecule has 2 aromatic carbocycles. The number of carbonyl (C=O) groups excluding carboxylic acids is 1. The molecule has 0 bridgehead atoms. The third-order valence-electron chi connectivity index (χ3n) is 3.84. The third-order valence-corrected chi connectivity index (χ3v) is 3.84. The van der Waals surface area contributed by atoms with Gasteiger partial charge in [-0.25, -0.2) is 4.39 Å². The number of nitrogens with one attached hydrogen (secondary N) is 1. The number of amides is 1. The summed E-state index contributed by atoms with van der Waals surface area (Å²) in [5.74, 6) is 0.309. The first-order chi connectivity index (χ1) is 12.9. The zero-order valence-corrected chi connectivity index (χ0v) is 14.9. The lowest BCUT2D eigenvalue weighted by atomic mass is 10.1. The van der Waals surface area contributed by atoms with E-state index in [1.54, 1.807) is 37.3 Å². The lowest BCUT2D eigenvalue weighted by Gasteiger charge is -2.12. The van der Waals surface area contributed by atoms with Crippen LogP contribution in [0.5, 0.6) is 5.75 Å². The van der Waals surface area contributed by atoms with Crippen LogP contribution >= 0.6 is 0 Å². The quantitative estimate of drug-likeness (QED) is 0.662. The van der Waals surface area contributed by atoms with Crippen LogP contribution in [0.15, 0.2) is 47.0 Å². The predicted molar refractivity (Wildman–Crippen MR) is 97.6 cm³/mol. The number of benzene rings is 2. The number of primary amides is 1. The van der Waals surface area contributed by atoms with E-state index < -0.39 is 5.91 Å². The Morgan fingerprint density at radius 3 is 2.89 bits per heavy atom. The van der Waals surface area contributed by atoms with Crippen molar-refractivity contribution in [2.75, 3.05) is 11.9 Å². The SMILES string of the molecule is Cc1ccc(-c2noc(C(C)Nc3cccc(OCC(N)=O)c3)n2)cc1F.